The molecule has 0 aromatic carbocycles. The summed E-state index contributed by atoms with van der Waals surface area (Å²) in [7, 11) is 0. The number of pyridine rings is 1. The molecule has 0 N–H and O–H groups in total. The number of anilines is 1. The van der Waals surface area contributed by atoms with E-state index < -0.39 is 0 Å². The van der Waals surface area contributed by atoms with Gasteiger partial charge in [-0.25, -0.2) is 15.0 Å². The Hall–Kier alpha value is -2.21. The molecule has 2 aliphatic rings. The fraction of sp³-hybridized carbons (Fsp3) is 0.438. The Morgan fingerprint density at radius 2 is 2.00 bits per heavy atom. The monoisotopic (exact) mass is 298 g/mol. The highest BCUT2D eigenvalue weighted by atomic mass is 16.6. The van der Waals surface area contributed by atoms with Crippen LogP contribution in [0.2, 0.25) is 0 Å². The van der Waals surface area contributed by atoms with E-state index >= 15 is 0 Å². The normalized spacial score (nSPS) is 27.5. The van der Waals surface area contributed by atoms with Crippen LogP contribution >= 0.6 is 0 Å². The lowest BCUT2D eigenvalue weighted by Crippen LogP contribution is -2.34. The predicted octanol–water partition coefficient (Wildman–Crippen LogP) is 1.69. The fourth-order valence-electron chi connectivity index (χ4n) is 3.22. The van der Waals surface area contributed by atoms with Crippen molar-refractivity contribution < 1.29 is 9.47 Å². The van der Waals surface area contributed by atoms with Crippen LogP contribution < -0.4 is 9.64 Å². The Bertz CT molecular complexity index is 625. The lowest BCUT2D eigenvalue weighted by Gasteiger charge is -2.23. The van der Waals surface area contributed by atoms with Crippen molar-refractivity contribution >= 4 is 5.95 Å². The van der Waals surface area contributed by atoms with Gasteiger partial charge in [-0.05, 0) is 18.6 Å². The SMILES string of the molecule is c1ccc(O[C@@H]2CO[C@@]3(CCN(c4ncccn4)C3)C2)nc1. The van der Waals surface area contributed by atoms with E-state index in [9.17, 15) is 0 Å². The number of hydrogen-bond acceptors (Lipinski definition) is 6. The highest BCUT2D eigenvalue weighted by Crippen LogP contribution is 2.37. The zero-order valence-electron chi connectivity index (χ0n) is 12.3. The molecule has 4 heterocycles. The van der Waals surface area contributed by atoms with Gasteiger partial charge in [-0.15, -0.1) is 0 Å². The van der Waals surface area contributed by atoms with Crippen LogP contribution in [0.25, 0.3) is 0 Å². The maximum atomic E-state index is 6.09. The zero-order chi connectivity index (χ0) is 14.8. The molecule has 4 rings (SSSR count). The molecular formula is C16H18N4O2. The van der Waals surface area contributed by atoms with Crippen LogP contribution in [0.1, 0.15) is 12.8 Å². The summed E-state index contributed by atoms with van der Waals surface area (Å²) in [4.78, 5) is 15.0. The molecule has 114 valence electrons. The Morgan fingerprint density at radius 1 is 1.14 bits per heavy atom. The number of nitrogens with zero attached hydrogens (tertiary/aromatic N) is 4. The van der Waals surface area contributed by atoms with Gasteiger partial charge < -0.3 is 14.4 Å². The lowest BCUT2D eigenvalue weighted by atomic mass is 9.98. The highest BCUT2D eigenvalue weighted by Gasteiger charge is 2.47. The van der Waals surface area contributed by atoms with E-state index in [1.54, 1.807) is 18.6 Å². The first-order valence-electron chi connectivity index (χ1n) is 7.57. The Balaban J connectivity index is 1.40. The van der Waals surface area contributed by atoms with Crippen molar-refractivity contribution in [2.45, 2.75) is 24.5 Å². The molecule has 0 bridgehead atoms. The molecule has 2 aromatic rings. The molecule has 2 atom stereocenters. The topological polar surface area (TPSA) is 60.4 Å². The summed E-state index contributed by atoms with van der Waals surface area (Å²) in [5, 5.41) is 0. The fourth-order valence-corrected chi connectivity index (χ4v) is 3.22. The molecular weight excluding hydrogens is 280 g/mol. The van der Waals surface area contributed by atoms with Crippen LogP contribution in [0.5, 0.6) is 5.88 Å². The van der Waals surface area contributed by atoms with E-state index in [0.717, 1.165) is 31.9 Å². The zero-order valence-corrected chi connectivity index (χ0v) is 12.3. The van der Waals surface area contributed by atoms with Gasteiger partial charge in [0.05, 0.1) is 18.8 Å². The van der Waals surface area contributed by atoms with Gasteiger partial charge >= 0.3 is 0 Å². The third kappa shape index (κ3) is 2.62. The molecule has 2 fully saturated rings. The van der Waals surface area contributed by atoms with E-state index in [4.69, 9.17) is 9.47 Å². The van der Waals surface area contributed by atoms with Crippen molar-refractivity contribution in [1.82, 2.24) is 15.0 Å². The lowest BCUT2D eigenvalue weighted by molar-refractivity contribution is 0.0193. The summed E-state index contributed by atoms with van der Waals surface area (Å²) in [5.74, 6) is 1.44. The van der Waals surface area contributed by atoms with E-state index in [0.29, 0.717) is 12.5 Å². The number of aromatic nitrogens is 3. The molecule has 0 aliphatic carbocycles. The second-order valence-electron chi connectivity index (χ2n) is 5.83. The highest BCUT2D eigenvalue weighted by molar-refractivity contribution is 5.32. The molecule has 0 saturated carbocycles. The molecule has 6 nitrogen and oxygen atoms in total. The summed E-state index contributed by atoms with van der Waals surface area (Å²) in [6.07, 6.45) is 7.21. The van der Waals surface area contributed by atoms with Gasteiger partial charge in [-0.2, -0.15) is 0 Å². The molecule has 0 radical (unpaired) electrons. The van der Waals surface area contributed by atoms with E-state index in [1.165, 1.54) is 0 Å². The first-order chi connectivity index (χ1) is 10.8. The summed E-state index contributed by atoms with van der Waals surface area (Å²) in [6.45, 7) is 2.35. The molecule has 1 spiro atoms. The van der Waals surface area contributed by atoms with Gasteiger partial charge in [0.15, 0.2) is 0 Å². The van der Waals surface area contributed by atoms with Crippen molar-refractivity contribution in [2.75, 3.05) is 24.6 Å². The molecule has 0 unspecified atom stereocenters. The molecule has 0 amide bonds. The van der Waals surface area contributed by atoms with Crippen molar-refractivity contribution in [1.29, 1.82) is 0 Å². The first kappa shape index (κ1) is 13.5. The third-order valence-corrected chi connectivity index (χ3v) is 4.25. The molecule has 6 heteroatoms. The average molecular weight is 298 g/mol. The standard InChI is InChI=1S/C16H18N4O2/c1-2-6-17-14(4-1)22-13-10-16(21-11-13)5-9-20(12-16)15-18-7-3-8-19-15/h1-4,6-8,13H,5,9-12H2/t13-,16-/m0/s1. The minimum atomic E-state index is -0.140. The van der Waals surface area contributed by atoms with Crippen molar-refractivity contribution in [2.24, 2.45) is 0 Å². The summed E-state index contributed by atoms with van der Waals surface area (Å²) in [5.41, 5.74) is -0.140. The Morgan fingerprint density at radius 3 is 2.82 bits per heavy atom. The van der Waals surface area contributed by atoms with E-state index in [2.05, 4.69) is 19.9 Å². The summed E-state index contributed by atoms with van der Waals surface area (Å²) in [6, 6.07) is 7.52. The summed E-state index contributed by atoms with van der Waals surface area (Å²) >= 11 is 0. The van der Waals surface area contributed by atoms with Crippen LogP contribution in [-0.4, -0.2) is 46.4 Å². The van der Waals surface area contributed by atoms with Gasteiger partial charge in [-0.1, -0.05) is 6.07 Å². The molecule has 2 aromatic heterocycles. The largest absolute Gasteiger partial charge is 0.472 e. The Labute approximate surface area is 129 Å². The smallest absolute Gasteiger partial charge is 0.225 e. The number of ether oxygens (including phenoxy) is 2. The minimum Gasteiger partial charge on any atom is -0.472 e. The second kappa shape index (κ2) is 5.53. The van der Waals surface area contributed by atoms with Crippen LogP contribution in [0.3, 0.4) is 0 Å². The van der Waals surface area contributed by atoms with Crippen LogP contribution in [0.4, 0.5) is 5.95 Å². The average Bonchev–Trinajstić information content (AvgIpc) is 3.17. The van der Waals surface area contributed by atoms with Crippen molar-refractivity contribution in [3.05, 3.63) is 42.9 Å². The van der Waals surface area contributed by atoms with Crippen molar-refractivity contribution in [3.8, 4) is 5.88 Å². The van der Waals surface area contributed by atoms with Crippen LogP contribution in [-0.2, 0) is 4.74 Å². The van der Waals surface area contributed by atoms with Gasteiger partial charge in [0.2, 0.25) is 11.8 Å². The molecule has 2 saturated heterocycles. The maximum Gasteiger partial charge on any atom is 0.225 e. The Kier molecular flexibility index (Phi) is 3.38. The van der Waals surface area contributed by atoms with Gasteiger partial charge in [-0.3, -0.25) is 0 Å². The first-order valence-corrected chi connectivity index (χ1v) is 7.57. The third-order valence-electron chi connectivity index (χ3n) is 4.25. The van der Waals surface area contributed by atoms with Gasteiger partial charge in [0.25, 0.3) is 0 Å². The van der Waals surface area contributed by atoms with Crippen LogP contribution in [0.15, 0.2) is 42.9 Å². The van der Waals surface area contributed by atoms with Crippen molar-refractivity contribution in [3.63, 3.8) is 0 Å². The predicted molar refractivity (Wildman–Crippen MR) is 80.8 cm³/mol. The molecule has 22 heavy (non-hydrogen) atoms. The molecule has 2 aliphatic heterocycles. The van der Waals surface area contributed by atoms with Gasteiger partial charge in [0.1, 0.15) is 6.10 Å². The second-order valence-corrected chi connectivity index (χ2v) is 5.83. The van der Waals surface area contributed by atoms with E-state index in [1.807, 2.05) is 24.3 Å². The number of hydrogen-bond donors (Lipinski definition) is 0. The van der Waals surface area contributed by atoms with Crippen LogP contribution in [0, 0.1) is 0 Å². The minimum absolute atomic E-state index is 0.0616. The summed E-state index contributed by atoms with van der Waals surface area (Å²) < 4.78 is 12.0. The quantitative estimate of drug-likeness (QED) is 0.859. The maximum absolute atomic E-state index is 6.09. The van der Waals surface area contributed by atoms with Gasteiger partial charge in [0, 0.05) is 37.6 Å². The van der Waals surface area contributed by atoms with E-state index in [-0.39, 0.29) is 11.7 Å². The number of rotatable bonds is 3.